The number of hydrogen-bond donors (Lipinski definition) is 1. The highest BCUT2D eigenvalue weighted by Crippen LogP contribution is 2.40. The van der Waals surface area contributed by atoms with Crippen LogP contribution in [0.15, 0.2) is 47.6 Å². The number of aliphatic hydroxyl groups is 1. The highest BCUT2D eigenvalue weighted by atomic mass is 19.2. The SMILES string of the molecule is COC1C[C@@H]2CC[C@@H](C)C(F)(O2)C(=O)C(=O)N2CCCC[C@H]2C(=O)OC([C@H](C)C[C@@H]2CCC(O)C(OC)C2)CC(=O)[C@H](C)/C=C(\C)C(F)CC(=O)[C@H](C)C[C@H](C)/C=C/C=C/C=C/1C. The third-order valence-corrected chi connectivity index (χ3v) is 14.1. The van der Waals surface area contributed by atoms with E-state index < -0.39 is 72.0 Å². The number of hydrogen-bond acceptors (Lipinski definition) is 10. The number of esters is 1. The third kappa shape index (κ3) is 14.3. The number of amides is 1. The van der Waals surface area contributed by atoms with Gasteiger partial charge >= 0.3 is 5.97 Å². The van der Waals surface area contributed by atoms with Gasteiger partial charge < -0.3 is 29.0 Å². The number of carbonyl (C=O) groups excluding carboxylic acids is 5. The van der Waals surface area contributed by atoms with Crippen LogP contribution in [0.4, 0.5) is 8.78 Å². The van der Waals surface area contributed by atoms with Gasteiger partial charge in [0.15, 0.2) is 0 Å². The van der Waals surface area contributed by atoms with Gasteiger partial charge in [-0.05, 0) is 107 Å². The van der Waals surface area contributed by atoms with Crippen LogP contribution in [0.2, 0.25) is 0 Å². The van der Waals surface area contributed by atoms with E-state index in [1.54, 1.807) is 41.9 Å². The lowest BCUT2D eigenvalue weighted by Gasteiger charge is -2.41. The second-order valence-electron chi connectivity index (χ2n) is 19.2. The highest BCUT2D eigenvalue weighted by Gasteiger charge is 2.55. The fourth-order valence-corrected chi connectivity index (χ4v) is 9.73. The molecule has 3 fully saturated rings. The van der Waals surface area contributed by atoms with Crippen LogP contribution in [0.5, 0.6) is 0 Å². The van der Waals surface area contributed by atoms with Gasteiger partial charge in [-0.3, -0.25) is 19.2 Å². The Kier molecular flexibility index (Phi) is 20.1. The molecule has 3 heterocycles. The summed E-state index contributed by atoms with van der Waals surface area (Å²) in [5.74, 6) is -9.05. The molecule has 2 saturated heterocycles. The van der Waals surface area contributed by atoms with E-state index >= 15 is 8.78 Å². The van der Waals surface area contributed by atoms with Crippen LogP contribution in [0.1, 0.15) is 132 Å². The summed E-state index contributed by atoms with van der Waals surface area (Å²) in [5, 5.41) is 10.4. The second kappa shape index (κ2) is 24.2. The first-order chi connectivity index (χ1) is 29.8. The van der Waals surface area contributed by atoms with Crippen molar-refractivity contribution in [2.45, 2.75) is 181 Å². The fraction of sp³-hybridized carbons (Fsp3) is 0.740. The van der Waals surface area contributed by atoms with Crippen LogP contribution >= 0.6 is 0 Å². The summed E-state index contributed by atoms with van der Waals surface area (Å²) < 4.78 is 56.0. The van der Waals surface area contributed by atoms with Crippen LogP contribution in [0.3, 0.4) is 0 Å². The van der Waals surface area contributed by atoms with Gasteiger partial charge in [0, 0.05) is 57.8 Å². The van der Waals surface area contributed by atoms with Gasteiger partial charge in [0.05, 0.1) is 24.4 Å². The van der Waals surface area contributed by atoms with Crippen molar-refractivity contribution < 1.29 is 56.8 Å². The molecule has 1 saturated carbocycles. The summed E-state index contributed by atoms with van der Waals surface area (Å²) in [6, 6.07) is -1.19. The quantitative estimate of drug-likeness (QED) is 0.162. The van der Waals surface area contributed by atoms with Crippen molar-refractivity contribution in [3.63, 3.8) is 0 Å². The number of halogens is 2. The molecular weight excluding hydrogens is 813 g/mol. The van der Waals surface area contributed by atoms with E-state index in [1.165, 1.54) is 6.08 Å². The van der Waals surface area contributed by atoms with E-state index in [4.69, 9.17) is 18.9 Å². The fourth-order valence-electron chi connectivity index (χ4n) is 9.73. The van der Waals surface area contributed by atoms with Crippen LogP contribution < -0.4 is 0 Å². The van der Waals surface area contributed by atoms with Crippen molar-refractivity contribution in [1.82, 2.24) is 4.90 Å². The molecule has 1 N–H and O–H groups in total. The summed E-state index contributed by atoms with van der Waals surface area (Å²) in [7, 11) is 3.10. The molecule has 6 unspecified atom stereocenters. The predicted octanol–water partition coefficient (Wildman–Crippen LogP) is 8.51. The molecular formula is C50H75F2NO10. The Bertz CT molecular complexity index is 1710. The third-order valence-electron chi connectivity index (χ3n) is 14.1. The predicted molar refractivity (Wildman–Crippen MR) is 237 cm³/mol. The number of cyclic esters (lactones) is 1. The van der Waals surface area contributed by atoms with Gasteiger partial charge in [0.1, 0.15) is 29.9 Å². The Balaban J connectivity index is 1.67. The molecule has 4 aliphatic rings. The first-order valence-corrected chi connectivity index (χ1v) is 23.3. The number of nitrogens with zero attached hydrogens (tertiary/aromatic N) is 1. The molecule has 1 aliphatic carbocycles. The zero-order valence-corrected chi connectivity index (χ0v) is 39.2. The molecule has 14 atom stereocenters. The van der Waals surface area contributed by atoms with E-state index in [2.05, 4.69) is 0 Å². The first kappa shape index (κ1) is 52.2. The Morgan fingerprint density at radius 2 is 1.60 bits per heavy atom. The van der Waals surface area contributed by atoms with E-state index in [1.807, 2.05) is 51.2 Å². The zero-order valence-electron chi connectivity index (χ0n) is 39.2. The summed E-state index contributed by atoms with van der Waals surface area (Å²) in [6.45, 7) is 12.3. The van der Waals surface area contributed by atoms with E-state index in [9.17, 15) is 29.1 Å². The van der Waals surface area contributed by atoms with Crippen molar-refractivity contribution in [2.24, 2.45) is 35.5 Å². The molecule has 1 amide bonds. The summed E-state index contributed by atoms with van der Waals surface area (Å²) >= 11 is 0. The molecule has 354 valence electrons. The van der Waals surface area contributed by atoms with Gasteiger partial charge in [-0.25, -0.2) is 13.6 Å². The maximum atomic E-state index is 17.0. The van der Waals surface area contributed by atoms with Gasteiger partial charge in [-0.1, -0.05) is 71.1 Å². The number of rotatable bonds is 5. The Morgan fingerprint density at radius 3 is 2.30 bits per heavy atom. The van der Waals surface area contributed by atoms with Gasteiger partial charge in [0.25, 0.3) is 17.5 Å². The minimum Gasteiger partial charge on any atom is -0.460 e. The maximum absolute atomic E-state index is 17.0. The molecule has 0 radical (unpaired) electrons. The molecule has 11 nitrogen and oxygen atoms in total. The van der Waals surface area contributed by atoms with Crippen LogP contribution in [-0.2, 0) is 42.9 Å². The summed E-state index contributed by atoms with van der Waals surface area (Å²) in [6.07, 6.45) is 10.9. The average Bonchev–Trinajstić information content (AvgIpc) is 3.25. The Morgan fingerprint density at radius 1 is 0.873 bits per heavy atom. The summed E-state index contributed by atoms with van der Waals surface area (Å²) in [4.78, 5) is 70.6. The molecule has 2 bridgehead atoms. The number of piperidine rings is 1. The van der Waals surface area contributed by atoms with Crippen molar-refractivity contribution in [2.75, 3.05) is 20.8 Å². The van der Waals surface area contributed by atoms with Crippen LogP contribution in [-0.4, -0.2) is 109 Å². The Labute approximate surface area is 374 Å². The molecule has 0 aromatic carbocycles. The molecule has 0 aromatic rings. The smallest absolute Gasteiger partial charge is 0.329 e. The van der Waals surface area contributed by atoms with Crippen molar-refractivity contribution in [3.05, 3.63) is 47.6 Å². The van der Waals surface area contributed by atoms with Crippen molar-refractivity contribution >= 4 is 29.2 Å². The number of ketones is 3. The molecule has 63 heavy (non-hydrogen) atoms. The molecule has 0 spiro atoms. The molecule has 3 aliphatic heterocycles. The minimum absolute atomic E-state index is 0.0321. The zero-order chi connectivity index (χ0) is 46.6. The lowest BCUT2D eigenvalue weighted by atomic mass is 9.78. The number of allylic oxidation sites excluding steroid dienone is 7. The van der Waals surface area contributed by atoms with E-state index in [0.29, 0.717) is 51.4 Å². The monoisotopic (exact) mass is 888 g/mol. The number of alkyl halides is 2. The molecule has 4 rings (SSSR count). The molecule has 13 heteroatoms. The number of ether oxygens (including phenoxy) is 4. The Hall–Kier alpha value is -3.39. The second-order valence-corrected chi connectivity index (χ2v) is 19.2. The lowest BCUT2D eigenvalue weighted by Crippen LogP contribution is -2.59. The largest absolute Gasteiger partial charge is 0.460 e. The highest BCUT2D eigenvalue weighted by molar-refractivity contribution is 6.39. The van der Waals surface area contributed by atoms with Crippen LogP contribution in [0, 0.1) is 35.5 Å². The number of fused-ring (bicyclic) bond motifs is 3. The lowest BCUT2D eigenvalue weighted by molar-refractivity contribution is -0.231. The normalized spacial score (nSPS) is 40.1. The standard InChI is InChI=1S/C50H75F2NO10/c1-30-15-11-10-12-16-31(2)44(60-8)27-38-20-18-36(7)50(52,63-38)47(57)48(58)53-22-14-13-17-40(53)49(59)62-45(35(6)25-37-19-21-41(54)46(26-37)61-9)29-43(56)34(5)24-32(3)39(51)28-42(55)33(4)23-30/h10-12,15-16,24,30,33-41,44-46,54H,13-14,17-23,25-29H2,1-9H3/b12-10+,15-11+,31-16+,32-24+/t30-,33-,34-,35-,36-,37+,38+,39?,40+,41?,44?,45?,46?,50?/m1/s1. The summed E-state index contributed by atoms with van der Waals surface area (Å²) in [5.41, 5.74) is 1.10. The van der Waals surface area contributed by atoms with Gasteiger partial charge in [-0.2, -0.15) is 0 Å². The molecule has 0 aromatic heterocycles. The van der Waals surface area contributed by atoms with Crippen molar-refractivity contribution in [1.29, 1.82) is 0 Å². The van der Waals surface area contributed by atoms with Crippen molar-refractivity contribution in [3.8, 4) is 0 Å². The number of methoxy groups -OCH3 is 2. The maximum Gasteiger partial charge on any atom is 0.329 e. The van der Waals surface area contributed by atoms with E-state index in [-0.39, 0.29) is 85.6 Å². The first-order valence-electron chi connectivity index (χ1n) is 23.3. The average molecular weight is 888 g/mol. The number of carbonyl (C=O) groups is 5. The topological polar surface area (TPSA) is 146 Å². The minimum atomic E-state index is -2.93. The number of Topliss-reactive ketones (excluding diaryl/α,β-unsaturated/α-hetero) is 3. The number of aliphatic hydroxyl groups excluding tert-OH is 1. The van der Waals surface area contributed by atoms with Crippen LogP contribution in [0.25, 0.3) is 0 Å². The van der Waals surface area contributed by atoms with Gasteiger partial charge in [0.2, 0.25) is 0 Å². The van der Waals surface area contributed by atoms with E-state index in [0.717, 1.165) is 10.5 Å². The van der Waals surface area contributed by atoms with Gasteiger partial charge in [-0.15, -0.1) is 0 Å².